The minimum absolute atomic E-state index is 5.50. The van der Waals surface area contributed by atoms with Crippen molar-refractivity contribution >= 4 is 0 Å². The van der Waals surface area contributed by atoms with E-state index in [2.05, 4.69) is 0 Å². The number of rotatable bonds is 0. The van der Waals surface area contributed by atoms with Crippen molar-refractivity contribution in [3.63, 3.8) is 0 Å². The van der Waals surface area contributed by atoms with Crippen LogP contribution in [-0.4, -0.2) is 65.1 Å². The Kier molecular flexibility index (Phi) is 5.69. The van der Waals surface area contributed by atoms with Crippen molar-refractivity contribution in [1.82, 2.24) is 0 Å². The van der Waals surface area contributed by atoms with E-state index in [1.807, 2.05) is 0 Å². The molecule has 0 amide bonds. The van der Waals surface area contributed by atoms with Gasteiger partial charge in [0.1, 0.15) is 0 Å². The number of hydrogen-bond donors (Lipinski definition) is 0. The molecule has 0 aromatic heterocycles. The van der Waals surface area contributed by atoms with Crippen molar-refractivity contribution < 1.29 is 96.6 Å². The Labute approximate surface area is 163 Å². The van der Waals surface area contributed by atoms with E-state index in [0.717, 1.165) is 0 Å². The molecule has 2 aliphatic rings. The molecule has 0 N–H and O–H groups in total. The second-order valence-corrected chi connectivity index (χ2v) is 6.34. The summed E-state index contributed by atoms with van der Waals surface area (Å²) in [5.41, 5.74) is -17.3. The van der Waals surface area contributed by atoms with Gasteiger partial charge >= 0.3 is 53.8 Å². The van der Waals surface area contributed by atoms with Crippen LogP contribution in [0.15, 0.2) is 0 Å². The first kappa shape index (κ1) is 29.5. The van der Waals surface area contributed by atoms with Gasteiger partial charge in [-0.15, -0.1) is 17.6 Å². The molecule has 0 atom stereocenters. The van der Waals surface area contributed by atoms with Gasteiger partial charge in [0.05, 0.1) is 0 Å². The normalized spacial score (nSPS) is 38.4. The van der Waals surface area contributed by atoms with Crippen molar-refractivity contribution in [2.45, 2.75) is 65.1 Å². The van der Waals surface area contributed by atoms with E-state index < -0.39 is 65.1 Å². The van der Waals surface area contributed by atoms with Gasteiger partial charge in [0.25, 0.3) is 11.3 Å². The first-order valence-corrected chi connectivity index (χ1v) is 6.91. The maximum Gasteiger partial charge on any atom is 0.559 e. The van der Waals surface area contributed by atoms with Crippen LogP contribution in [0.4, 0.5) is 96.6 Å². The van der Waals surface area contributed by atoms with Crippen LogP contribution in [0.25, 0.3) is 0 Å². The summed E-state index contributed by atoms with van der Waals surface area (Å²) in [6, 6.07) is 0. The highest BCUT2D eigenvalue weighted by molar-refractivity contribution is 5.42. The quantitative estimate of drug-likeness (QED) is 0.286. The number of halogens is 22. The van der Waals surface area contributed by atoms with Gasteiger partial charge in [-0.05, 0) is 0 Å². The SMILES string of the molecule is FC(F)(F)F.FC1(F)C(F)(F)C(F)(F)C2(F)C(F)(F)C(F)(F)C(F)(F)C(F)(F)C2(F)C1(F)F. The first-order valence-electron chi connectivity index (χ1n) is 6.91. The Morgan fingerprint density at radius 1 is 0.242 bits per heavy atom. The third-order valence-electron chi connectivity index (χ3n) is 4.57. The highest BCUT2D eigenvalue weighted by atomic mass is 19.5. The molecular weight excluding hydrogens is 550 g/mol. The van der Waals surface area contributed by atoms with E-state index in [-0.39, 0.29) is 0 Å². The molecule has 2 aliphatic carbocycles. The number of alkyl halides is 22. The third-order valence-corrected chi connectivity index (χ3v) is 4.57. The molecule has 0 aromatic rings. The number of hydrogen-bond acceptors (Lipinski definition) is 0. The monoisotopic (exact) mass is 550 g/mol. The fraction of sp³-hybridized carbons (Fsp3) is 1.00. The Balaban J connectivity index is 0.000000981. The fourth-order valence-electron chi connectivity index (χ4n) is 2.91. The average Bonchev–Trinajstić information content (AvgIpc) is 2.55. The first-order chi connectivity index (χ1) is 13.8. The average molecular weight is 550 g/mol. The van der Waals surface area contributed by atoms with Gasteiger partial charge < -0.3 is 0 Å². The molecule has 0 heterocycles. The zero-order valence-corrected chi connectivity index (χ0v) is 13.8. The summed E-state index contributed by atoms with van der Waals surface area (Å²) in [7, 11) is 0. The molecule has 0 radical (unpaired) electrons. The van der Waals surface area contributed by atoms with Crippen LogP contribution in [0.3, 0.4) is 0 Å². The lowest BCUT2D eigenvalue weighted by molar-refractivity contribution is -0.560. The van der Waals surface area contributed by atoms with Gasteiger partial charge in [-0.2, -0.15) is 70.2 Å². The van der Waals surface area contributed by atoms with Crippen LogP contribution < -0.4 is 0 Å². The van der Waals surface area contributed by atoms with E-state index in [1.165, 1.54) is 0 Å². The van der Waals surface area contributed by atoms with Gasteiger partial charge in [0.15, 0.2) is 0 Å². The summed E-state index contributed by atoms with van der Waals surface area (Å²) in [4.78, 5) is 0. The highest BCUT2D eigenvalue weighted by Crippen LogP contribution is 2.81. The standard InChI is InChI=1S/C10F18.CF4/c11-1-2(12,5(17,18)9(25,26)7(21,22)3(1,13)14)6(19,20)10(27,28)8(23,24)4(1,15)16;2-1(3,4)5. The summed E-state index contributed by atoms with van der Waals surface area (Å²) in [5, 5.41) is 0. The van der Waals surface area contributed by atoms with E-state index in [0.29, 0.717) is 0 Å². The van der Waals surface area contributed by atoms with E-state index >= 15 is 0 Å². The summed E-state index contributed by atoms with van der Waals surface area (Å²) >= 11 is 0. The predicted molar refractivity (Wildman–Crippen MR) is 54.4 cm³/mol. The molecule has 0 spiro atoms. The summed E-state index contributed by atoms with van der Waals surface area (Å²) < 4.78 is 279. The fourth-order valence-corrected chi connectivity index (χ4v) is 2.91. The molecule has 2 fully saturated rings. The van der Waals surface area contributed by atoms with Crippen LogP contribution in [0.5, 0.6) is 0 Å². The lowest BCUT2D eigenvalue weighted by Crippen LogP contribution is -2.98. The maximum absolute atomic E-state index is 14.2. The van der Waals surface area contributed by atoms with Crippen LogP contribution in [-0.2, 0) is 0 Å². The molecule has 33 heavy (non-hydrogen) atoms. The minimum atomic E-state index is -8.64. The molecule has 198 valence electrons. The molecule has 0 nitrogen and oxygen atoms in total. The molecule has 0 saturated heterocycles. The lowest BCUT2D eigenvalue weighted by Gasteiger charge is -2.63. The second kappa shape index (κ2) is 6.36. The molecule has 0 unspecified atom stereocenters. The smallest absolute Gasteiger partial charge is 0.226 e. The predicted octanol–water partition coefficient (Wildman–Crippen LogP) is 6.99. The topological polar surface area (TPSA) is 0 Å². The van der Waals surface area contributed by atoms with Gasteiger partial charge in [-0.3, -0.25) is 0 Å². The largest absolute Gasteiger partial charge is 0.559 e. The second-order valence-electron chi connectivity index (χ2n) is 6.34. The molecule has 2 rings (SSSR count). The molecule has 0 aromatic carbocycles. The van der Waals surface area contributed by atoms with Gasteiger partial charge in [-0.25, -0.2) is 8.78 Å². The highest BCUT2D eigenvalue weighted by Gasteiger charge is 3.15. The van der Waals surface area contributed by atoms with Crippen molar-refractivity contribution in [3.05, 3.63) is 0 Å². The number of fused-ring (bicyclic) bond motifs is 1. The van der Waals surface area contributed by atoms with Crippen LogP contribution >= 0.6 is 0 Å². The summed E-state index contributed by atoms with van der Waals surface area (Å²) in [6.45, 7) is 0. The molecule has 0 aliphatic heterocycles. The third kappa shape index (κ3) is 2.60. The molecular formula is C11F22. The molecule has 2 saturated carbocycles. The Morgan fingerprint density at radius 2 is 0.333 bits per heavy atom. The summed E-state index contributed by atoms with van der Waals surface area (Å²) in [6.07, 6.45) is -5.50. The van der Waals surface area contributed by atoms with Crippen LogP contribution in [0, 0.1) is 0 Å². The van der Waals surface area contributed by atoms with Crippen molar-refractivity contribution in [3.8, 4) is 0 Å². The van der Waals surface area contributed by atoms with Crippen LogP contribution in [0.1, 0.15) is 0 Å². The van der Waals surface area contributed by atoms with Gasteiger partial charge in [0.2, 0.25) is 0 Å². The van der Waals surface area contributed by atoms with Crippen molar-refractivity contribution in [2.75, 3.05) is 0 Å². The maximum atomic E-state index is 14.2. The lowest BCUT2D eigenvalue weighted by atomic mass is 9.54. The van der Waals surface area contributed by atoms with Gasteiger partial charge in [0, 0.05) is 0 Å². The Morgan fingerprint density at radius 3 is 0.424 bits per heavy atom. The van der Waals surface area contributed by atoms with E-state index in [1.54, 1.807) is 0 Å². The molecule has 22 heteroatoms. The Hall–Kier alpha value is -1.54. The minimum Gasteiger partial charge on any atom is -0.226 e. The zero-order valence-electron chi connectivity index (χ0n) is 13.8. The Bertz CT molecular complexity index is 665. The van der Waals surface area contributed by atoms with E-state index in [9.17, 15) is 96.6 Å². The van der Waals surface area contributed by atoms with Crippen LogP contribution in [0.2, 0.25) is 0 Å². The zero-order chi connectivity index (χ0) is 27.5. The molecule has 0 bridgehead atoms. The van der Waals surface area contributed by atoms with Crippen molar-refractivity contribution in [2.24, 2.45) is 0 Å². The van der Waals surface area contributed by atoms with Crippen molar-refractivity contribution in [1.29, 1.82) is 0 Å². The van der Waals surface area contributed by atoms with E-state index in [4.69, 9.17) is 0 Å². The summed E-state index contributed by atoms with van der Waals surface area (Å²) in [5.74, 6) is -66.8. The van der Waals surface area contributed by atoms with Gasteiger partial charge in [-0.1, -0.05) is 0 Å².